The maximum absolute atomic E-state index is 5.52. The summed E-state index contributed by atoms with van der Waals surface area (Å²) in [5.74, 6) is 2.37. The topological polar surface area (TPSA) is 60.4 Å². The van der Waals surface area contributed by atoms with Crippen molar-refractivity contribution in [3.8, 4) is 21.9 Å². The smallest absolute Gasteiger partial charge is 0.231 e. The van der Waals surface area contributed by atoms with Crippen LogP contribution >= 0.6 is 11.3 Å². The van der Waals surface area contributed by atoms with Gasteiger partial charge in [-0.1, -0.05) is 18.2 Å². The number of ether oxygens (including phenoxy) is 2. The lowest BCUT2D eigenvalue weighted by molar-refractivity contribution is 0.174. The number of fused-ring (bicyclic) bond motifs is 3. The van der Waals surface area contributed by atoms with E-state index in [1.165, 1.54) is 0 Å². The summed E-state index contributed by atoms with van der Waals surface area (Å²) in [6.45, 7) is 0.258. The summed E-state index contributed by atoms with van der Waals surface area (Å²) >= 11 is 1.67. The van der Waals surface area contributed by atoms with Crippen LogP contribution in [-0.4, -0.2) is 28.8 Å². The van der Waals surface area contributed by atoms with Gasteiger partial charge >= 0.3 is 0 Å². The standard InChI is InChI=1S/C23H16N4O2S/c1-27(16-6-7-19-20(9-16)29-13-28-19)23-22-18(25-12-26-23)10-21(30-22)15-8-14-4-2-3-5-17(14)24-11-15/h2-12H,13H2,1H3. The second kappa shape index (κ2) is 6.67. The summed E-state index contributed by atoms with van der Waals surface area (Å²) < 4.78 is 12.0. The van der Waals surface area contributed by atoms with Crippen molar-refractivity contribution in [2.45, 2.75) is 0 Å². The third kappa shape index (κ3) is 2.74. The highest BCUT2D eigenvalue weighted by atomic mass is 32.1. The molecule has 0 atom stereocenters. The summed E-state index contributed by atoms with van der Waals surface area (Å²) in [5.41, 5.74) is 3.96. The van der Waals surface area contributed by atoms with Crippen LogP contribution in [0.2, 0.25) is 0 Å². The maximum atomic E-state index is 5.52. The number of hydrogen-bond acceptors (Lipinski definition) is 7. The van der Waals surface area contributed by atoms with Gasteiger partial charge in [0.05, 0.1) is 15.7 Å². The van der Waals surface area contributed by atoms with E-state index in [1.807, 2.05) is 54.5 Å². The van der Waals surface area contributed by atoms with Crippen LogP contribution in [0.25, 0.3) is 31.6 Å². The van der Waals surface area contributed by atoms with E-state index in [1.54, 1.807) is 17.7 Å². The van der Waals surface area contributed by atoms with E-state index in [0.717, 1.165) is 54.6 Å². The molecule has 7 heteroatoms. The number of hydrogen-bond donors (Lipinski definition) is 0. The molecule has 2 aromatic carbocycles. The predicted octanol–water partition coefficient (Wildman–Crippen LogP) is 5.40. The number of para-hydroxylation sites is 1. The van der Waals surface area contributed by atoms with Crippen molar-refractivity contribution >= 4 is 44.0 Å². The highest BCUT2D eigenvalue weighted by Crippen LogP contribution is 2.41. The second-order valence-corrected chi connectivity index (χ2v) is 8.09. The van der Waals surface area contributed by atoms with Crippen molar-refractivity contribution in [1.29, 1.82) is 0 Å². The molecule has 5 aromatic rings. The van der Waals surface area contributed by atoms with Crippen LogP contribution < -0.4 is 14.4 Å². The van der Waals surface area contributed by atoms with Crippen molar-refractivity contribution in [3.63, 3.8) is 0 Å². The van der Waals surface area contributed by atoms with Gasteiger partial charge in [-0.2, -0.15) is 0 Å². The van der Waals surface area contributed by atoms with E-state index in [9.17, 15) is 0 Å². The molecule has 0 bridgehead atoms. The molecule has 0 amide bonds. The Kier molecular flexibility index (Phi) is 3.82. The van der Waals surface area contributed by atoms with E-state index >= 15 is 0 Å². The molecule has 30 heavy (non-hydrogen) atoms. The number of aromatic nitrogens is 3. The summed E-state index contributed by atoms with van der Waals surface area (Å²) in [6, 6.07) is 18.3. The molecule has 0 radical (unpaired) electrons. The minimum absolute atomic E-state index is 0.258. The fourth-order valence-corrected chi connectivity index (χ4v) is 4.76. The summed E-state index contributed by atoms with van der Waals surface area (Å²) in [5, 5.41) is 1.12. The quantitative estimate of drug-likeness (QED) is 0.395. The van der Waals surface area contributed by atoms with Crippen LogP contribution in [0, 0.1) is 0 Å². The molecule has 0 aliphatic carbocycles. The van der Waals surface area contributed by atoms with E-state index in [0.29, 0.717) is 0 Å². The lowest BCUT2D eigenvalue weighted by Crippen LogP contribution is -2.11. The van der Waals surface area contributed by atoms with Crippen molar-refractivity contribution in [2.75, 3.05) is 18.7 Å². The molecule has 3 aromatic heterocycles. The Morgan fingerprint density at radius 2 is 1.80 bits per heavy atom. The molecule has 1 aliphatic rings. The number of nitrogens with zero attached hydrogens (tertiary/aromatic N) is 4. The van der Waals surface area contributed by atoms with Gasteiger partial charge in [-0.15, -0.1) is 11.3 Å². The number of benzene rings is 2. The van der Waals surface area contributed by atoms with E-state index < -0.39 is 0 Å². The van der Waals surface area contributed by atoms with Gasteiger partial charge in [0.2, 0.25) is 6.79 Å². The molecule has 0 fully saturated rings. The monoisotopic (exact) mass is 412 g/mol. The average Bonchev–Trinajstić information content (AvgIpc) is 3.44. The average molecular weight is 412 g/mol. The van der Waals surface area contributed by atoms with Gasteiger partial charge in [-0.25, -0.2) is 9.97 Å². The van der Waals surface area contributed by atoms with Crippen molar-refractivity contribution < 1.29 is 9.47 Å². The van der Waals surface area contributed by atoms with Gasteiger partial charge in [0.15, 0.2) is 17.3 Å². The molecule has 146 valence electrons. The summed E-state index contributed by atoms with van der Waals surface area (Å²) in [4.78, 5) is 16.8. The maximum Gasteiger partial charge on any atom is 0.231 e. The van der Waals surface area contributed by atoms with Crippen LogP contribution in [0.5, 0.6) is 11.5 Å². The fourth-order valence-electron chi connectivity index (χ4n) is 3.64. The fraction of sp³-hybridized carbons (Fsp3) is 0.0870. The highest BCUT2D eigenvalue weighted by molar-refractivity contribution is 7.22. The zero-order valence-corrected chi connectivity index (χ0v) is 16.9. The molecule has 0 unspecified atom stereocenters. The molecule has 0 N–H and O–H groups in total. The number of anilines is 2. The van der Waals surface area contributed by atoms with Crippen LogP contribution in [0.15, 0.2) is 67.1 Å². The molecule has 1 aliphatic heterocycles. The normalized spacial score (nSPS) is 12.6. The number of pyridine rings is 1. The van der Waals surface area contributed by atoms with Crippen molar-refractivity contribution in [3.05, 3.63) is 67.1 Å². The van der Waals surface area contributed by atoms with Crippen molar-refractivity contribution in [1.82, 2.24) is 15.0 Å². The molecule has 6 rings (SSSR count). The van der Waals surface area contributed by atoms with E-state index in [2.05, 4.69) is 33.2 Å². The van der Waals surface area contributed by atoms with Gasteiger partial charge in [0.25, 0.3) is 0 Å². The Bertz CT molecular complexity index is 1420. The first-order valence-corrected chi connectivity index (χ1v) is 10.3. The summed E-state index contributed by atoms with van der Waals surface area (Å²) in [7, 11) is 2.00. The van der Waals surface area contributed by atoms with Gasteiger partial charge in [0.1, 0.15) is 6.33 Å². The minimum Gasteiger partial charge on any atom is -0.454 e. The Morgan fingerprint density at radius 1 is 0.900 bits per heavy atom. The first kappa shape index (κ1) is 17.2. The number of rotatable bonds is 3. The molecule has 0 saturated carbocycles. The Hall–Kier alpha value is -3.71. The molecule has 6 nitrogen and oxygen atoms in total. The zero-order valence-electron chi connectivity index (χ0n) is 16.1. The molecule has 0 saturated heterocycles. The SMILES string of the molecule is CN(c1ccc2c(c1)OCO2)c1ncnc2cc(-c3cnc4ccccc4c3)sc12. The third-order valence-electron chi connectivity index (χ3n) is 5.23. The molecule has 4 heterocycles. The summed E-state index contributed by atoms with van der Waals surface area (Å²) in [6.07, 6.45) is 3.53. The van der Waals surface area contributed by atoms with E-state index in [-0.39, 0.29) is 6.79 Å². The molecular formula is C23H16N4O2S. The largest absolute Gasteiger partial charge is 0.454 e. The Labute approximate surface area is 176 Å². The first-order valence-electron chi connectivity index (χ1n) is 9.49. The predicted molar refractivity (Wildman–Crippen MR) is 119 cm³/mol. The van der Waals surface area contributed by atoms with Gasteiger partial charge in [-0.3, -0.25) is 4.98 Å². The lowest BCUT2D eigenvalue weighted by atomic mass is 10.1. The van der Waals surface area contributed by atoms with Crippen LogP contribution in [-0.2, 0) is 0 Å². The number of thiophene rings is 1. The first-order chi connectivity index (χ1) is 14.8. The molecule has 0 spiro atoms. The molecular weight excluding hydrogens is 396 g/mol. The van der Waals surface area contributed by atoms with Gasteiger partial charge < -0.3 is 14.4 Å². The van der Waals surface area contributed by atoms with E-state index in [4.69, 9.17) is 9.47 Å². The third-order valence-corrected chi connectivity index (χ3v) is 6.40. The zero-order chi connectivity index (χ0) is 20.1. The van der Waals surface area contributed by atoms with Crippen LogP contribution in [0.1, 0.15) is 0 Å². The van der Waals surface area contributed by atoms with Gasteiger partial charge in [-0.05, 0) is 30.3 Å². The van der Waals surface area contributed by atoms with Crippen LogP contribution in [0.3, 0.4) is 0 Å². The Balaban J connectivity index is 1.44. The van der Waals surface area contributed by atoms with Crippen molar-refractivity contribution in [2.24, 2.45) is 0 Å². The second-order valence-electron chi connectivity index (χ2n) is 7.04. The Morgan fingerprint density at radius 3 is 2.77 bits per heavy atom. The van der Waals surface area contributed by atoms with Crippen LogP contribution in [0.4, 0.5) is 11.5 Å². The highest BCUT2D eigenvalue weighted by Gasteiger charge is 2.18. The van der Waals surface area contributed by atoms with Gasteiger partial charge in [0, 0.05) is 40.8 Å². The lowest BCUT2D eigenvalue weighted by Gasteiger charge is -2.19. The minimum atomic E-state index is 0.258.